The summed E-state index contributed by atoms with van der Waals surface area (Å²) in [5.74, 6) is 1.61. The van der Waals surface area contributed by atoms with E-state index in [4.69, 9.17) is 10.2 Å². The maximum atomic E-state index is 4.81. The summed E-state index contributed by atoms with van der Waals surface area (Å²) >= 11 is 0. The molecule has 1 aliphatic carbocycles. The molecule has 274 valence electrons. The number of fused-ring (bicyclic) bond motifs is 5. The highest BCUT2D eigenvalue weighted by molar-refractivity contribution is 6.23. The summed E-state index contributed by atoms with van der Waals surface area (Å²) in [6, 6.07) is 72.3. The van der Waals surface area contributed by atoms with Crippen LogP contribution < -0.4 is 0 Å². The molecular formula is C55H39N3. The van der Waals surface area contributed by atoms with E-state index in [1.807, 2.05) is 24.3 Å². The Morgan fingerprint density at radius 3 is 1.50 bits per heavy atom. The lowest BCUT2D eigenvalue weighted by atomic mass is 9.79. The molecule has 0 saturated carbocycles. The highest BCUT2D eigenvalue weighted by Crippen LogP contribution is 2.54. The van der Waals surface area contributed by atoms with Crippen LogP contribution in [-0.4, -0.2) is 14.8 Å². The van der Waals surface area contributed by atoms with E-state index >= 15 is 0 Å². The molecule has 1 aromatic heterocycles. The molecule has 0 amide bonds. The SMILES string of the molecule is CC1(C)c2ccccc2-c2cc3c(-c4ccc(-c5nnc(-c6ccccc6)n5-c5ccccc5)cc4)c4ccccc4c(-c4ccccc4-c4ccccc4)c3cc21. The van der Waals surface area contributed by atoms with E-state index in [0.717, 1.165) is 34.0 Å². The van der Waals surface area contributed by atoms with Gasteiger partial charge in [-0.2, -0.15) is 0 Å². The van der Waals surface area contributed by atoms with Crippen LogP contribution in [0.2, 0.25) is 0 Å². The molecule has 0 unspecified atom stereocenters. The first-order valence-corrected chi connectivity index (χ1v) is 20.0. The predicted octanol–water partition coefficient (Wildman–Crippen LogP) is 14.2. The Morgan fingerprint density at radius 2 is 0.828 bits per heavy atom. The summed E-state index contributed by atoms with van der Waals surface area (Å²) in [6.45, 7) is 4.75. The molecule has 0 atom stereocenters. The van der Waals surface area contributed by atoms with Crippen molar-refractivity contribution >= 4 is 21.5 Å². The topological polar surface area (TPSA) is 30.7 Å². The van der Waals surface area contributed by atoms with Gasteiger partial charge in [-0.1, -0.05) is 190 Å². The maximum Gasteiger partial charge on any atom is 0.168 e. The molecular weight excluding hydrogens is 703 g/mol. The monoisotopic (exact) mass is 741 g/mol. The van der Waals surface area contributed by atoms with E-state index in [2.05, 4.69) is 194 Å². The van der Waals surface area contributed by atoms with Crippen molar-refractivity contribution in [1.29, 1.82) is 0 Å². The summed E-state index contributed by atoms with van der Waals surface area (Å²) < 4.78 is 2.16. The lowest BCUT2D eigenvalue weighted by molar-refractivity contribution is 0.661. The average molecular weight is 742 g/mol. The van der Waals surface area contributed by atoms with Gasteiger partial charge in [-0.05, 0) is 101 Å². The predicted molar refractivity (Wildman–Crippen MR) is 241 cm³/mol. The van der Waals surface area contributed by atoms with E-state index in [0.29, 0.717) is 0 Å². The zero-order chi connectivity index (χ0) is 38.8. The molecule has 0 radical (unpaired) electrons. The van der Waals surface area contributed by atoms with Crippen molar-refractivity contribution < 1.29 is 0 Å². The van der Waals surface area contributed by atoms with Gasteiger partial charge in [0.15, 0.2) is 11.6 Å². The molecule has 9 aromatic carbocycles. The van der Waals surface area contributed by atoms with Gasteiger partial charge < -0.3 is 0 Å². The van der Waals surface area contributed by atoms with Crippen molar-refractivity contribution in [3.63, 3.8) is 0 Å². The van der Waals surface area contributed by atoms with Gasteiger partial charge in [-0.25, -0.2) is 0 Å². The first-order valence-electron chi connectivity index (χ1n) is 20.0. The molecule has 0 fully saturated rings. The molecule has 3 nitrogen and oxygen atoms in total. The third-order valence-corrected chi connectivity index (χ3v) is 12.1. The maximum absolute atomic E-state index is 4.81. The Hall–Kier alpha value is -7.36. The number of aromatic nitrogens is 3. The summed E-state index contributed by atoms with van der Waals surface area (Å²) in [4.78, 5) is 0. The summed E-state index contributed by atoms with van der Waals surface area (Å²) in [5, 5.41) is 14.5. The fourth-order valence-electron chi connectivity index (χ4n) is 9.40. The van der Waals surface area contributed by atoms with Crippen LogP contribution >= 0.6 is 0 Å². The zero-order valence-electron chi connectivity index (χ0n) is 32.4. The van der Waals surface area contributed by atoms with Crippen LogP contribution in [0.15, 0.2) is 200 Å². The van der Waals surface area contributed by atoms with Gasteiger partial charge in [0, 0.05) is 22.2 Å². The number of hydrogen-bond donors (Lipinski definition) is 0. The molecule has 10 aromatic rings. The zero-order valence-corrected chi connectivity index (χ0v) is 32.4. The smallest absolute Gasteiger partial charge is 0.168 e. The van der Waals surface area contributed by atoms with E-state index in [1.165, 1.54) is 71.6 Å². The van der Waals surface area contributed by atoms with Crippen molar-refractivity contribution in [3.8, 4) is 73.0 Å². The number of benzene rings is 9. The van der Waals surface area contributed by atoms with Gasteiger partial charge in [0.2, 0.25) is 0 Å². The first kappa shape index (κ1) is 33.9. The van der Waals surface area contributed by atoms with Crippen LogP contribution in [0.4, 0.5) is 0 Å². The molecule has 0 saturated heterocycles. The van der Waals surface area contributed by atoms with Crippen LogP contribution in [0.25, 0.3) is 94.5 Å². The second kappa shape index (κ2) is 13.4. The largest absolute Gasteiger partial charge is 0.275 e. The Morgan fingerprint density at radius 1 is 0.345 bits per heavy atom. The summed E-state index contributed by atoms with van der Waals surface area (Å²) in [7, 11) is 0. The van der Waals surface area contributed by atoms with Gasteiger partial charge in [0.05, 0.1) is 0 Å². The van der Waals surface area contributed by atoms with E-state index < -0.39 is 0 Å². The highest BCUT2D eigenvalue weighted by atomic mass is 15.3. The summed E-state index contributed by atoms with van der Waals surface area (Å²) in [6.07, 6.45) is 0. The van der Waals surface area contributed by atoms with Crippen molar-refractivity contribution in [1.82, 2.24) is 14.8 Å². The Bertz CT molecular complexity index is 3160. The van der Waals surface area contributed by atoms with E-state index in [1.54, 1.807) is 0 Å². The van der Waals surface area contributed by atoms with Gasteiger partial charge in [0.25, 0.3) is 0 Å². The lowest BCUT2D eigenvalue weighted by Gasteiger charge is -2.24. The Kier molecular flexibility index (Phi) is 7.84. The van der Waals surface area contributed by atoms with Gasteiger partial charge in [-0.3, -0.25) is 4.57 Å². The van der Waals surface area contributed by atoms with Gasteiger partial charge in [-0.15, -0.1) is 10.2 Å². The van der Waals surface area contributed by atoms with Crippen LogP contribution in [-0.2, 0) is 5.41 Å². The van der Waals surface area contributed by atoms with Crippen LogP contribution in [0.1, 0.15) is 25.0 Å². The highest BCUT2D eigenvalue weighted by Gasteiger charge is 2.36. The quantitative estimate of drug-likeness (QED) is 0.159. The van der Waals surface area contributed by atoms with Crippen molar-refractivity contribution in [2.75, 3.05) is 0 Å². The van der Waals surface area contributed by atoms with E-state index in [-0.39, 0.29) is 5.41 Å². The lowest BCUT2D eigenvalue weighted by Crippen LogP contribution is -2.14. The minimum atomic E-state index is -0.142. The second-order valence-electron chi connectivity index (χ2n) is 15.8. The standard InChI is InChI=1S/C55H39N3/c1-55(2)49-29-17-16-25-42(49)46-34-47-48(35-50(46)55)52(43-26-13-12-24-41(43)36-18-6-3-7-19-36)45-28-15-14-27-44(45)51(47)37-30-32-39(33-31-37)54-57-56-53(38-20-8-4-9-21-38)58(54)40-22-10-5-11-23-40/h3-35H,1-2H3. The number of para-hydroxylation sites is 1. The molecule has 58 heavy (non-hydrogen) atoms. The van der Waals surface area contributed by atoms with E-state index in [9.17, 15) is 0 Å². The van der Waals surface area contributed by atoms with Crippen molar-refractivity contribution in [2.45, 2.75) is 19.3 Å². The number of nitrogens with zero attached hydrogens (tertiary/aromatic N) is 3. The normalized spacial score (nSPS) is 12.8. The minimum absolute atomic E-state index is 0.142. The van der Waals surface area contributed by atoms with Crippen molar-refractivity contribution in [2.24, 2.45) is 0 Å². The molecule has 0 spiro atoms. The first-order chi connectivity index (χ1) is 28.6. The molecule has 1 aliphatic rings. The number of rotatable bonds is 6. The Labute approximate surface area is 338 Å². The molecule has 11 rings (SSSR count). The Balaban J connectivity index is 1.17. The van der Waals surface area contributed by atoms with Gasteiger partial charge >= 0.3 is 0 Å². The minimum Gasteiger partial charge on any atom is -0.275 e. The van der Waals surface area contributed by atoms with Crippen molar-refractivity contribution in [3.05, 3.63) is 211 Å². The third-order valence-electron chi connectivity index (χ3n) is 12.1. The van der Waals surface area contributed by atoms with Crippen LogP contribution in [0.3, 0.4) is 0 Å². The van der Waals surface area contributed by atoms with Gasteiger partial charge in [0.1, 0.15) is 0 Å². The molecule has 0 aliphatic heterocycles. The molecule has 0 bridgehead atoms. The fraction of sp³-hybridized carbons (Fsp3) is 0.0545. The molecule has 3 heteroatoms. The number of hydrogen-bond acceptors (Lipinski definition) is 2. The average Bonchev–Trinajstić information content (AvgIpc) is 3.83. The van der Waals surface area contributed by atoms with Crippen LogP contribution in [0, 0.1) is 0 Å². The third kappa shape index (κ3) is 5.28. The fourth-order valence-corrected chi connectivity index (χ4v) is 9.40. The molecule has 0 N–H and O–H groups in total. The van der Waals surface area contributed by atoms with Crippen LogP contribution in [0.5, 0.6) is 0 Å². The second-order valence-corrected chi connectivity index (χ2v) is 15.8. The molecule has 1 heterocycles. The summed E-state index contributed by atoms with van der Waals surface area (Å²) in [5.41, 5.74) is 15.6.